The molecule has 0 aliphatic rings. The van der Waals surface area contributed by atoms with Crippen molar-refractivity contribution < 1.29 is 39.0 Å². The Labute approximate surface area is 450 Å². The Balaban J connectivity index is -0.0000000690. The van der Waals surface area contributed by atoms with E-state index in [1.54, 1.807) is 38.2 Å². The molecule has 0 spiro atoms. The average Bonchev–Trinajstić information content (AvgIpc) is 3.37. The van der Waals surface area contributed by atoms with E-state index in [2.05, 4.69) is 171 Å². The van der Waals surface area contributed by atoms with Crippen molar-refractivity contribution in [2.24, 2.45) is 0 Å². The Bertz CT molecular complexity index is 1290. The van der Waals surface area contributed by atoms with Gasteiger partial charge in [-0.25, -0.2) is 0 Å². The number of allylic oxidation sites excluding steroid dienone is 4. The molecule has 4 aromatic carbocycles. The first-order valence-corrected chi connectivity index (χ1v) is 24.5. The fraction of sp³-hybridized carbons (Fsp3) is 0.387. The summed E-state index contributed by atoms with van der Waals surface area (Å²) in [7, 11) is 2.25. The second kappa shape index (κ2) is 89.6. The Kier molecular flexibility index (Phi) is 116. The largest absolute Gasteiger partial charge is 2.00 e. The number of hydrogen-bond acceptors (Lipinski definition) is 0. The first kappa shape index (κ1) is 87.1. The standard InChI is InChI=1S/C12H19B.2C8H9.C8H8.C6H15B.C4H10B.4C3H6.2C2H5.2Zn/c1-3-13(4-2)11-10-12-8-6-5-7-9-12;3*1-2-8-6-4-3-5-7-8;1-4-7(5-2)6-3;1-3-5-4-2;4*1-3-2;2*1-2;;/h5-9H,3-4,10-11H2,1-2H3;2*3-7H,1-2H2;2-7H,1H2;4-6H2,1-3H3;3-4H2,1-2H3;4*3H,1H2,2H3;2*1H2,2H3;;/q;2*-1;;;;;;;;2*-1;2*+2. The first-order chi connectivity index (χ1) is 31.6. The molecule has 67 heavy (non-hydrogen) atoms. The average molecular weight is 1010 g/mol. The van der Waals surface area contributed by atoms with Gasteiger partial charge in [0.2, 0.25) is 0 Å². The zero-order chi connectivity index (χ0) is 51.6. The van der Waals surface area contributed by atoms with E-state index in [1.165, 1.54) is 79.2 Å². The van der Waals surface area contributed by atoms with Crippen molar-refractivity contribution in [1.29, 1.82) is 0 Å². The number of hydrogen-bond donors (Lipinski definition) is 0. The molecule has 1 radical (unpaired) electrons. The molecule has 5 heteroatoms. The van der Waals surface area contributed by atoms with Crippen molar-refractivity contribution in [1.82, 2.24) is 0 Å². The fourth-order valence-electron chi connectivity index (χ4n) is 4.75. The van der Waals surface area contributed by atoms with Crippen LogP contribution < -0.4 is 0 Å². The van der Waals surface area contributed by atoms with Gasteiger partial charge in [0.1, 0.15) is 20.7 Å². The molecule has 365 valence electrons. The van der Waals surface area contributed by atoms with Gasteiger partial charge >= 0.3 is 39.0 Å². The smallest absolute Gasteiger partial charge is 0.346 e. The van der Waals surface area contributed by atoms with E-state index in [9.17, 15) is 0 Å². The molecule has 0 saturated heterocycles. The van der Waals surface area contributed by atoms with E-state index in [1.807, 2.05) is 101 Å². The minimum Gasteiger partial charge on any atom is -0.346 e. The summed E-state index contributed by atoms with van der Waals surface area (Å²) in [4.78, 5) is 0. The van der Waals surface area contributed by atoms with Crippen LogP contribution in [0.3, 0.4) is 0 Å². The fourth-order valence-corrected chi connectivity index (χ4v) is 4.75. The minimum atomic E-state index is 0. The predicted molar refractivity (Wildman–Crippen MR) is 319 cm³/mol. The number of aryl methyl sites for hydroxylation is 1. The van der Waals surface area contributed by atoms with Gasteiger partial charge in [-0.15, -0.1) is 26.3 Å². The van der Waals surface area contributed by atoms with Gasteiger partial charge in [0.25, 0.3) is 0 Å². The molecular weight excluding hydrogens is 908 g/mol. The van der Waals surface area contributed by atoms with Crippen LogP contribution in [-0.2, 0) is 58.2 Å². The van der Waals surface area contributed by atoms with Crippen molar-refractivity contribution in [3.05, 3.63) is 228 Å². The molecule has 0 heterocycles. The van der Waals surface area contributed by atoms with Gasteiger partial charge in [0, 0.05) is 0 Å². The Hall–Kier alpha value is -2.98. The van der Waals surface area contributed by atoms with E-state index < -0.39 is 0 Å². The minimum absolute atomic E-state index is 0. The topological polar surface area (TPSA) is 0 Å². The maximum Gasteiger partial charge on any atom is 2.00 e. The van der Waals surface area contributed by atoms with Gasteiger partial charge in [-0.05, 0) is 45.2 Å². The summed E-state index contributed by atoms with van der Waals surface area (Å²) in [6.45, 7) is 59.7. The van der Waals surface area contributed by atoms with Crippen LogP contribution in [0.15, 0.2) is 179 Å². The SMILES string of the molecule is C=CC.C=CC.C=CC.C=CC.C=Cc1ccccc1.CCB(CC)CC.CCB(CC)CCc1ccccc1.CC[B]CC.[CH2-]C.[CH2-]C.[CH2-]Cc1ccccc1.[CH2-]Cc1ccccc1.[Zn+2].[Zn+2]. The van der Waals surface area contributed by atoms with E-state index in [4.69, 9.17) is 0 Å². The summed E-state index contributed by atoms with van der Waals surface area (Å²) in [6.07, 6.45) is 22.3. The zero-order valence-corrected chi connectivity index (χ0v) is 52.7. The summed E-state index contributed by atoms with van der Waals surface area (Å²) in [5, 5.41) is 0. The Morgan fingerprint density at radius 1 is 0.418 bits per heavy atom. The van der Waals surface area contributed by atoms with Crippen molar-refractivity contribution in [2.75, 3.05) is 0 Å². The van der Waals surface area contributed by atoms with Crippen molar-refractivity contribution in [2.45, 2.75) is 160 Å². The van der Waals surface area contributed by atoms with Crippen molar-refractivity contribution in [3.8, 4) is 0 Å². The predicted octanol–water partition coefficient (Wildman–Crippen LogP) is 20.8. The summed E-state index contributed by atoms with van der Waals surface area (Å²) in [5.41, 5.74) is 5.25. The number of benzene rings is 4. The van der Waals surface area contributed by atoms with E-state index in [0.29, 0.717) is 0 Å². The third-order valence-electron chi connectivity index (χ3n) is 8.45. The quantitative estimate of drug-likeness (QED) is 0.0711. The van der Waals surface area contributed by atoms with Gasteiger partial charge in [0.15, 0.2) is 0 Å². The molecule has 0 unspecified atom stereocenters. The molecule has 0 aliphatic heterocycles. The molecule has 0 aromatic heterocycles. The van der Waals surface area contributed by atoms with Crippen LogP contribution in [0.1, 0.15) is 112 Å². The maximum atomic E-state index is 3.76. The van der Waals surface area contributed by atoms with E-state index in [-0.39, 0.29) is 39.0 Å². The van der Waals surface area contributed by atoms with Crippen LogP contribution in [0.4, 0.5) is 0 Å². The van der Waals surface area contributed by atoms with Gasteiger partial charge in [-0.2, -0.15) is 26.7 Å². The van der Waals surface area contributed by atoms with Crippen LogP contribution in [-0.4, -0.2) is 20.7 Å². The third kappa shape index (κ3) is 86.7. The van der Waals surface area contributed by atoms with Crippen LogP contribution >= 0.6 is 0 Å². The molecule has 0 amide bonds. The van der Waals surface area contributed by atoms with Gasteiger partial charge in [-0.3, -0.25) is 0 Å². The second-order valence-electron chi connectivity index (χ2n) is 13.6. The van der Waals surface area contributed by atoms with Crippen molar-refractivity contribution >= 4 is 26.8 Å². The molecule has 0 bridgehead atoms. The molecule has 0 aliphatic carbocycles. The van der Waals surface area contributed by atoms with Gasteiger partial charge < -0.3 is 27.7 Å². The summed E-state index contributed by atoms with van der Waals surface area (Å²) >= 11 is 0. The molecule has 0 N–H and O–H groups in total. The molecule has 0 atom stereocenters. The van der Waals surface area contributed by atoms with Crippen LogP contribution in [0.25, 0.3) is 6.08 Å². The van der Waals surface area contributed by atoms with Crippen LogP contribution in [0.5, 0.6) is 0 Å². The maximum absolute atomic E-state index is 3.76. The normalized spacial score (nSPS) is 7.60. The zero-order valence-electron chi connectivity index (χ0n) is 46.7. The van der Waals surface area contributed by atoms with Crippen LogP contribution in [0.2, 0.25) is 50.6 Å². The van der Waals surface area contributed by atoms with Gasteiger partial charge in [-0.1, -0.05) is 268 Å². The van der Waals surface area contributed by atoms with Crippen molar-refractivity contribution in [3.63, 3.8) is 0 Å². The number of rotatable bonds is 13. The monoisotopic (exact) mass is 1010 g/mol. The molecule has 0 saturated carbocycles. The van der Waals surface area contributed by atoms with E-state index >= 15 is 0 Å². The summed E-state index contributed by atoms with van der Waals surface area (Å²) < 4.78 is 0. The molecule has 0 nitrogen and oxygen atoms in total. The summed E-state index contributed by atoms with van der Waals surface area (Å²) in [5.74, 6) is 0. The van der Waals surface area contributed by atoms with E-state index in [0.717, 1.165) is 26.3 Å². The van der Waals surface area contributed by atoms with Gasteiger partial charge in [0.05, 0.1) is 0 Å². The Morgan fingerprint density at radius 2 is 0.657 bits per heavy atom. The third-order valence-corrected chi connectivity index (χ3v) is 8.45. The molecule has 4 aromatic rings. The molecular formula is C62H104B3Zn2. The second-order valence-corrected chi connectivity index (χ2v) is 13.6. The summed E-state index contributed by atoms with van der Waals surface area (Å²) in [6, 6.07) is 41.3. The van der Waals surface area contributed by atoms with Crippen LogP contribution in [0, 0.1) is 27.7 Å². The Morgan fingerprint density at radius 3 is 0.806 bits per heavy atom. The molecule has 4 rings (SSSR count). The first-order valence-electron chi connectivity index (χ1n) is 24.5. The molecule has 0 fully saturated rings.